The van der Waals surface area contributed by atoms with Crippen LogP contribution < -0.4 is 14.4 Å². The lowest BCUT2D eigenvalue weighted by Crippen LogP contribution is -2.37. The Labute approximate surface area is 195 Å². The van der Waals surface area contributed by atoms with Gasteiger partial charge >= 0.3 is 0 Å². The second-order valence-corrected chi connectivity index (χ2v) is 9.84. The molecule has 33 heavy (non-hydrogen) atoms. The van der Waals surface area contributed by atoms with Crippen molar-refractivity contribution in [2.45, 2.75) is 17.7 Å². The minimum Gasteiger partial charge on any atom is -0.497 e. The number of carbonyl (C=O) groups excluding carboxylic acids is 1. The molecule has 8 heteroatoms. The van der Waals surface area contributed by atoms with Crippen molar-refractivity contribution in [1.82, 2.24) is 9.62 Å². The first kappa shape index (κ1) is 23.1. The maximum absolute atomic E-state index is 12.7. The van der Waals surface area contributed by atoms with E-state index in [0.717, 1.165) is 41.7 Å². The van der Waals surface area contributed by atoms with Crippen LogP contribution in [0.5, 0.6) is 5.75 Å². The van der Waals surface area contributed by atoms with Gasteiger partial charge in [0.05, 0.1) is 12.0 Å². The van der Waals surface area contributed by atoms with Crippen molar-refractivity contribution >= 4 is 32.4 Å². The quantitative estimate of drug-likeness (QED) is 0.577. The fourth-order valence-corrected chi connectivity index (χ4v) is 5.15. The van der Waals surface area contributed by atoms with Crippen LogP contribution in [0, 0.1) is 0 Å². The van der Waals surface area contributed by atoms with Crippen molar-refractivity contribution in [2.75, 3.05) is 44.7 Å². The van der Waals surface area contributed by atoms with Crippen molar-refractivity contribution in [3.8, 4) is 5.75 Å². The zero-order valence-corrected chi connectivity index (χ0v) is 19.6. The lowest BCUT2D eigenvalue weighted by atomic mass is 10.1. The van der Waals surface area contributed by atoms with E-state index in [4.69, 9.17) is 4.74 Å². The van der Waals surface area contributed by atoms with Gasteiger partial charge in [-0.1, -0.05) is 30.3 Å². The molecule has 4 rings (SSSR count). The number of nitrogens with one attached hydrogen (secondary N) is 1. The van der Waals surface area contributed by atoms with Crippen LogP contribution in [0.2, 0.25) is 0 Å². The van der Waals surface area contributed by atoms with Crippen LogP contribution in [0.4, 0.5) is 5.69 Å². The maximum atomic E-state index is 12.7. The number of methoxy groups -OCH3 is 1. The summed E-state index contributed by atoms with van der Waals surface area (Å²) in [7, 11) is -2.03. The molecule has 0 atom stereocenters. The van der Waals surface area contributed by atoms with Gasteiger partial charge in [0.15, 0.2) is 0 Å². The van der Waals surface area contributed by atoms with Crippen LogP contribution in [-0.4, -0.2) is 59.1 Å². The Morgan fingerprint density at radius 1 is 0.939 bits per heavy atom. The fourth-order valence-electron chi connectivity index (χ4n) is 4.09. The summed E-state index contributed by atoms with van der Waals surface area (Å²) < 4.78 is 33.2. The molecule has 1 N–H and O–H groups in total. The molecule has 0 bridgehead atoms. The Hall–Kier alpha value is -3.10. The van der Waals surface area contributed by atoms with Crippen LogP contribution in [0.3, 0.4) is 0 Å². The largest absolute Gasteiger partial charge is 0.497 e. The summed E-state index contributed by atoms with van der Waals surface area (Å²) in [6, 6.07) is 20.6. The second-order valence-electron chi connectivity index (χ2n) is 8.08. The maximum Gasteiger partial charge on any atom is 0.240 e. The highest BCUT2D eigenvalue weighted by Crippen LogP contribution is 2.21. The molecule has 0 aromatic heterocycles. The van der Waals surface area contributed by atoms with Crippen LogP contribution in [0.1, 0.15) is 12.8 Å². The molecule has 0 radical (unpaired) electrons. The smallest absolute Gasteiger partial charge is 0.240 e. The molecule has 0 saturated carbocycles. The molecular formula is C25H29N3O4S. The Morgan fingerprint density at radius 3 is 2.45 bits per heavy atom. The summed E-state index contributed by atoms with van der Waals surface area (Å²) in [5, 5.41) is 1.85. The van der Waals surface area contributed by atoms with Crippen LogP contribution in [0.25, 0.3) is 10.8 Å². The van der Waals surface area contributed by atoms with Gasteiger partial charge in [-0.3, -0.25) is 4.79 Å². The van der Waals surface area contributed by atoms with E-state index in [1.807, 2.05) is 53.4 Å². The molecule has 1 amide bonds. The molecule has 174 valence electrons. The number of amides is 1. The number of nitrogens with zero attached hydrogens (tertiary/aromatic N) is 2. The van der Waals surface area contributed by atoms with Gasteiger partial charge in [0.1, 0.15) is 5.75 Å². The first-order valence-electron chi connectivity index (χ1n) is 11.1. The van der Waals surface area contributed by atoms with E-state index < -0.39 is 10.0 Å². The van der Waals surface area contributed by atoms with Crippen molar-refractivity contribution < 1.29 is 17.9 Å². The number of ether oxygens (including phenoxy) is 1. The molecule has 1 heterocycles. The van der Waals surface area contributed by atoms with Crippen LogP contribution in [-0.2, 0) is 14.8 Å². The van der Waals surface area contributed by atoms with Gasteiger partial charge < -0.3 is 14.5 Å². The number of fused-ring (bicyclic) bond motifs is 1. The molecule has 1 saturated heterocycles. The monoisotopic (exact) mass is 467 g/mol. The van der Waals surface area contributed by atoms with E-state index in [2.05, 4.69) is 9.62 Å². The first-order valence-corrected chi connectivity index (χ1v) is 12.6. The molecule has 0 unspecified atom stereocenters. The molecule has 3 aromatic carbocycles. The highest BCUT2D eigenvalue weighted by atomic mass is 32.2. The van der Waals surface area contributed by atoms with E-state index in [1.165, 1.54) is 0 Å². The summed E-state index contributed by atoms with van der Waals surface area (Å²) in [5.41, 5.74) is 1.10. The number of rotatable bonds is 7. The molecule has 1 aliphatic rings. The predicted molar refractivity (Wildman–Crippen MR) is 130 cm³/mol. The number of benzene rings is 3. The number of hydrogen-bond donors (Lipinski definition) is 1. The van der Waals surface area contributed by atoms with Gasteiger partial charge in [0.2, 0.25) is 15.9 Å². The van der Waals surface area contributed by atoms with E-state index >= 15 is 0 Å². The van der Waals surface area contributed by atoms with E-state index in [1.54, 1.807) is 25.3 Å². The summed E-state index contributed by atoms with van der Waals surface area (Å²) >= 11 is 0. The summed E-state index contributed by atoms with van der Waals surface area (Å²) in [6.07, 6.45) is 0.996. The Kier molecular flexibility index (Phi) is 7.15. The number of sulfonamides is 1. The third-order valence-electron chi connectivity index (χ3n) is 5.95. The fraction of sp³-hybridized carbons (Fsp3) is 0.320. The number of hydrogen-bond acceptors (Lipinski definition) is 5. The second kappa shape index (κ2) is 10.2. The van der Waals surface area contributed by atoms with Crippen molar-refractivity contribution in [2.24, 2.45) is 0 Å². The minimum absolute atomic E-state index is 0.0345. The lowest BCUT2D eigenvalue weighted by molar-refractivity contribution is -0.130. The molecule has 7 nitrogen and oxygen atoms in total. The van der Waals surface area contributed by atoms with Gasteiger partial charge in [-0.2, -0.15) is 0 Å². The van der Waals surface area contributed by atoms with Crippen molar-refractivity contribution in [3.05, 3.63) is 66.7 Å². The van der Waals surface area contributed by atoms with Gasteiger partial charge in [-0.25, -0.2) is 13.1 Å². The zero-order chi connectivity index (χ0) is 23.3. The molecule has 0 aliphatic carbocycles. The molecule has 0 spiro atoms. The number of carbonyl (C=O) groups is 1. The molecule has 1 fully saturated rings. The molecular weight excluding hydrogens is 438 g/mol. The Morgan fingerprint density at radius 2 is 1.70 bits per heavy atom. The lowest BCUT2D eigenvalue weighted by Gasteiger charge is -2.24. The normalized spacial score (nSPS) is 14.8. The van der Waals surface area contributed by atoms with Crippen LogP contribution in [0.15, 0.2) is 71.6 Å². The van der Waals surface area contributed by atoms with Gasteiger partial charge in [0, 0.05) is 44.8 Å². The van der Waals surface area contributed by atoms with Gasteiger partial charge in [-0.15, -0.1) is 0 Å². The third-order valence-corrected chi connectivity index (χ3v) is 7.41. The molecule has 1 aliphatic heterocycles. The van der Waals surface area contributed by atoms with Crippen molar-refractivity contribution in [1.29, 1.82) is 0 Å². The topological polar surface area (TPSA) is 79.0 Å². The summed E-state index contributed by atoms with van der Waals surface area (Å²) in [4.78, 5) is 17.0. The van der Waals surface area contributed by atoms with Crippen LogP contribution >= 0.6 is 0 Å². The van der Waals surface area contributed by atoms with Crippen molar-refractivity contribution in [3.63, 3.8) is 0 Å². The summed E-state index contributed by atoms with van der Waals surface area (Å²) in [5.74, 6) is 0.782. The van der Waals surface area contributed by atoms with E-state index in [-0.39, 0.29) is 23.8 Å². The standard InChI is InChI=1S/C25H29N3O4S/c1-32-23-10-8-22(9-11-23)27-15-4-16-28(18-17-27)25(29)13-14-26-33(30,31)24-12-7-20-5-2-3-6-21(20)19-24/h2-3,5-12,19,26H,4,13-18H2,1H3. The average molecular weight is 468 g/mol. The Bertz CT molecular complexity index is 1210. The third kappa shape index (κ3) is 5.64. The Balaban J connectivity index is 1.30. The van der Waals surface area contributed by atoms with E-state index in [9.17, 15) is 13.2 Å². The SMILES string of the molecule is COc1ccc(N2CCCN(C(=O)CCNS(=O)(=O)c3ccc4ccccc4c3)CC2)cc1. The zero-order valence-electron chi connectivity index (χ0n) is 18.7. The highest BCUT2D eigenvalue weighted by molar-refractivity contribution is 7.89. The van der Waals surface area contributed by atoms with Gasteiger partial charge in [0.25, 0.3) is 0 Å². The number of anilines is 1. The molecule has 3 aromatic rings. The first-order chi connectivity index (χ1) is 16.0. The van der Waals surface area contributed by atoms with E-state index in [0.29, 0.717) is 13.1 Å². The minimum atomic E-state index is -3.68. The van der Waals surface area contributed by atoms with Gasteiger partial charge in [-0.05, 0) is 53.6 Å². The summed E-state index contributed by atoms with van der Waals surface area (Å²) in [6.45, 7) is 2.96. The highest BCUT2D eigenvalue weighted by Gasteiger charge is 2.20. The predicted octanol–water partition coefficient (Wildman–Crippen LogP) is 3.26. The average Bonchev–Trinajstić information content (AvgIpc) is 3.10.